The number of methoxy groups -OCH3 is 1. The smallest absolute Gasteiger partial charge is 0.189 e. The van der Waals surface area contributed by atoms with Gasteiger partial charge >= 0.3 is 0 Å². The first-order valence-electron chi connectivity index (χ1n) is 9.79. The molecule has 158 valence electrons. The van der Waals surface area contributed by atoms with Gasteiger partial charge in [0.15, 0.2) is 17.5 Å². The maximum Gasteiger partial charge on any atom is 0.189 e. The Bertz CT molecular complexity index is 814. The van der Waals surface area contributed by atoms with E-state index in [4.69, 9.17) is 19.9 Å². The van der Waals surface area contributed by atoms with Gasteiger partial charge in [-0.1, -0.05) is 24.3 Å². The Morgan fingerprint density at radius 2 is 2.07 bits per heavy atom. The fourth-order valence-corrected chi connectivity index (χ4v) is 3.34. The van der Waals surface area contributed by atoms with E-state index in [-0.39, 0.29) is 30.0 Å². The summed E-state index contributed by atoms with van der Waals surface area (Å²) in [5.74, 6) is 2.94. The van der Waals surface area contributed by atoms with Crippen LogP contribution < -0.4 is 25.3 Å². The lowest BCUT2D eigenvalue weighted by atomic mass is 10.0. The topological polar surface area (TPSA) is 78.1 Å². The minimum absolute atomic E-state index is 0. The predicted octanol–water partition coefficient (Wildman–Crippen LogP) is 4.07. The van der Waals surface area contributed by atoms with Crippen molar-refractivity contribution in [2.45, 2.75) is 32.2 Å². The fourth-order valence-electron chi connectivity index (χ4n) is 3.34. The van der Waals surface area contributed by atoms with Crippen molar-refractivity contribution < 1.29 is 14.2 Å². The molecule has 0 radical (unpaired) electrons. The van der Waals surface area contributed by atoms with E-state index in [9.17, 15) is 0 Å². The number of fused-ring (bicyclic) bond motifs is 1. The lowest BCUT2D eigenvalue weighted by Crippen LogP contribution is -2.37. The zero-order valence-corrected chi connectivity index (χ0v) is 19.3. The van der Waals surface area contributed by atoms with Crippen LogP contribution in [0.1, 0.15) is 36.9 Å². The van der Waals surface area contributed by atoms with Crippen molar-refractivity contribution in [3.05, 3.63) is 53.6 Å². The molecule has 6 nitrogen and oxygen atoms in total. The van der Waals surface area contributed by atoms with Crippen LogP contribution in [-0.2, 0) is 6.42 Å². The standard InChI is InChI=1S/C22H29N3O3.HI/c1-3-27-21-15-16(10-11-20(21)26-2)7-6-13-24-22(23)25-18-12-14-28-19-9-5-4-8-17(18)19;/h4-5,8-11,15,18H,3,6-7,12-14H2,1-2H3,(H3,23,24,25);1H. The summed E-state index contributed by atoms with van der Waals surface area (Å²) in [6.45, 7) is 3.93. The molecule has 29 heavy (non-hydrogen) atoms. The summed E-state index contributed by atoms with van der Waals surface area (Å²) in [6, 6.07) is 14.2. The zero-order chi connectivity index (χ0) is 19.8. The van der Waals surface area contributed by atoms with Gasteiger partial charge in [0.05, 0.1) is 26.4 Å². The van der Waals surface area contributed by atoms with Gasteiger partial charge in [0, 0.05) is 18.5 Å². The van der Waals surface area contributed by atoms with Crippen LogP contribution in [0.3, 0.4) is 0 Å². The van der Waals surface area contributed by atoms with Gasteiger partial charge in [0.1, 0.15) is 5.75 Å². The largest absolute Gasteiger partial charge is 0.493 e. The number of halogens is 1. The fraction of sp³-hybridized carbons (Fsp3) is 0.409. The normalized spacial score (nSPS) is 15.5. The van der Waals surface area contributed by atoms with Gasteiger partial charge in [0.25, 0.3) is 0 Å². The van der Waals surface area contributed by atoms with E-state index < -0.39 is 0 Å². The number of aryl methyl sites for hydroxylation is 1. The lowest BCUT2D eigenvalue weighted by Gasteiger charge is -2.26. The summed E-state index contributed by atoms with van der Waals surface area (Å²) < 4.78 is 16.6. The first-order valence-corrected chi connectivity index (χ1v) is 9.79. The number of nitrogens with two attached hydrogens (primary N) is 1. The van der Waals surface area contributed by atoms with Crippen molar-refractivity contribution in [2.75, 3.05) is 26.9 Å². The number of nitrogens with zero attached hydrogens (tertiary/aromatic N) is 1. The minimum Gasteiger partial charge on any atom is -0.493 e. The molecule has 1 unspecified atom stereocenters. The molecule has 2 aromatic carbocycles. The highest BCUT2D eigenvalue weighted by Crippen LogP contribution is 2.31. The molecule has 0 fully saturated rings. The van der Waals surface area contributed by atoms with Gasteiger partial charge in [-0.05, 0) is 43.5 Å². The highest BCUT2D eigenvalue weighted by atomic mass is 127. The molecule has 0 saturated heterocycles. The molecule has 1 aliphatic rings. The van der Waals surface area contributed by atoms with Crippen LogP contribution >= 0.6 is 24.0 Å². The van der Waals surface area contributed by atoms with E-state index in [0.717, 1.165) is 42.1 Å². The van der Waals surface area contributed by atoms with Crippen LogP contribution in [0, 0.1) is 0 Å². The van der Waals surface area contributed by atoms with Gasteiger partial charge in [0.2, 0.25) is 0 Å². The van der Waals surface area contributed by atoms with E-state index in [1.54, 1.807) is 7.11 Å². The summed E-state index contributed by atoms with van der Waals surface area (Å²) in [5, 5.41) is 3.33. The summed E-state index contributed by atoms with van der Waals surface area (Å²) in [6.07, 6.45) is 2.69. The molecule has 3 N–H and O–H groups in total. The molecule has 2 aromatic rings. The summed E-state index contributed by atoms with van der Waals surface area (Å²) in [7, 11) is 1.65. The molecule has 3 rings (SSSR count). The van der Waals surface area contributed by atoms with Crippen LogP contribution in [-0.4, -0.2) is 32.8 Å². The second-order valence-electron chi connectivity index (χ2n) is 6.66. The highest BCUT2D eigenvalue weighted by Gasteiger charge is 2.21. The van der Waals surface area contributed by atoms with E-state index in [0.29, 0.717) is 25.7 Å². The zero-order valence-electron chi connectivity index (χ0n) is 17.0. The SMILES string of the molecule is CCOc1cc(CCCN=C(N)NC2CCOc3ccccc32)ccc1OC.I. The predicted molar refractivity (Wildman–Crippen MR) is 127 cm³/mol. The third-order valence-electron chi connectivity index (χ3n) is 4.71. The highest BCUT2D eigenvalue weighted by molar-refractivity contribution is 14.0. The number of ether oxygens (including phenoxy) is 3. The Kier molecular flexibility index (Phi) is 9.37. The van der Waals surface area contributed by atoms with Crippen LogP contribution in [0.5, 0.6) is 17.2 Å². The van der Waals surface area contributed by atoms with Gasteiger partial charge in [-0.2, -0.15) is 0 Å². The third kappa shape index (κ3) is 6.42. The quantitative estimate of drug-likeness (QED) is 0.242. The lowest BCUT2D eigenvalue weighted by molar-refractivity contribution is 0.262. The summed E-state index contributed by atoms with van der Waals surface area (Å²) in [5.41, 5.74) is 8.44. The molecule has 0 spiro atoms. The molecular weight excluding hydrogens is 481 g/mol. The number of rotatable bonds is 8. The molecule has 0 aliphatic carbocycles. The molecule has 7 heteroatoms. The number of hydrogen-bond acceptors (Lipinski definition) is 4. The Morgan fingerprint density at radius 1 is 1.24 bits per heavy atom. The number of benzene rings is 2. The number of guanidine groups is 1. The van der Waals surface area contributed by atoms with E-state index >= 15 is 0 Å². The second-order valence-corrected chi connectivity index (χ2v) is 6.66. The van der Waals surface area contributed by atoms with Crippen LogP contribution in [0.2, 0.25) is 0 Å². The van der Waals surface area contributed by atoms with Crippen LogP contribution in [0.25, 0.3) is 0 Å². The number of nitrogens with one attached hydrogen (secondary N) is 1. The van der Waals surface area contributed by atoms with E-state index in [2.05, 4.69) is 22.4 Å². The second kappa shape index (κ2) is 11.7. The first kappa shape index (κ1) is 23.1. The molecule has 0 aromatic heterocycles. The molecule has 0 saturated carbocycles. The van der Waals surface area contributed by atoms with Gasteiger partial charge < -0.3 is 25.3 Å². The molecule has 1 heterocycles. The Labute approximate surface area is 189 Å². The minimum atomic E-state index is 0. The summed E-state index contributed by atoms with van der Waals surface area (Å²) in [4.78, 5) is 4.49. The Hall–Kier alpha value is -2.16. The third-order valence-corrected chi connectivity index (χ3v) is 4.71. The van der Waals surface area contributed by atoms with Gasteiger partial charge in [-0.15, -0.1) is 24.0 Å². The molecular formula is C22H30IN3O3. The number of aliphatic imine (C=N–C) groups is 1. The average Bonchev–Trinajstić information content (AvgIpc) is 2.72. The Morgan fingerprint density at radius 3 is 2.86 bits per heavy atom. The monoisotopic (exact) mass is 511 g/mol. The van der Waals surface area contributed by atoms with Crippen molar-refractivity contribution in [3.8, 4) is 17.2 Å². The van der Waals surface area contributed by atoms with Crippen molar-refractivity contribution in [3.63, 3.8) is 0 Å². The molecule has 0 bridgehead atoms. The van der Waals surface area contributed by atoms with Crippen molar-refractivity contribution in [1.29, 1.82) is 0 Å². The number of hydrogen-bond donors (Lipinski definition) is 2. The van der Waals surface area contributed by atoms with Crippen LogP contribution in [0.4, 0.5) is 0 Å². The van der Waals surface area contributed by atoms with Crippen LogP contribution in [0.15, 0.2) is 47.5 Å². The van der Waals surface area contributed by atoms with E-state index in [1.807, 2.05) is 37.3 Å². The van der Waals surface area contributed by atoms with Crippen molar-refractivity contribution in [2.24, 2.45) is 10.7 Å². The van der Waals surface area contributed by atoms with Crippen molar-refractivity contribution in [1.82, 2.24) is 5.32 Å². The average molecular weight is 511 g/mol. The number of para-hydroxylation sites is 1. The van der Waals surface area contributed by atoms with E-state index in [1.165, 1.54) is 5.56 Å². The molecule has 0 amide bonds. The first-order chi connectivity index (χ1) is 13.7. The summed E-state index contributed by atoms with van der Waals surface area (Å²) >= 11 is 0. The maximum absolute atomic E-state index is 6.10. The van der Waals surface area contributed by atoms with Gasteiger partial charge in [-0.25, -0.2) is 0 Å². The molecule has 1 aliphatic heterocycles. The molecule has 1 atom stereocenters. The Balaban J connectivity index is 0.00000300. The van der Waals surface area contributed by atoms with Gasteiger partial charge in [-0.3, -0.25) is 4.99 Å². The van der Waals surface area contributed by atoms with Crippen molar-refractivity contribution >= 4 is 29.9 Å². The maximum atomic E-state index is 6.10.